The summed E-state index contributed by atoms with van der Waals surface area (Å²) in [5.41, 5.74) is 0.779. The van der Waals surface area contributed by atoms with Gasteiger partial charge in [-0.05, 0) is 35.9 Å². The maximum absolute atomic E-state index is 13.8. The molecule has 0 saturated carbocycles. The van der Waals surface area contributed by atoms with E-state index in [4.69, 9.17) is 21.1 Å². The number of halogens is 2. The van der Waals surface area contributed by atoms with Crippen molar-refractivity contribution in [1.29, 1.82) is 0 Å². The summed E-state index contributed by atoms with van der Waals surface area (Å²) < 4.78 is 51.6. The SMILES string of the molecule is COc1ccc(NC(=O)CSCc2ccc(Cl)cc2F)cc1S(=O)(=O)N1CCOCC1. The summed E-state index contributed by atoms with van der Waals surface area (Å²) in [5.74, 6) is -0.195. The van der Waals surface area contributed by atoms with Crippen LogP contribution in [0.1, 0.15) is 5.56 Å². The minimum absolute atomic E-state index is 0.0226. The molecule has 7 nitrogen and oxygen atoms in total. The summed E-state index contributed by atoms with van der Waals surface area (Å²) in [5, 5.41) is 2.99. The first-order valence-corrected chi connectivity index (χ1v) is 12.4. The Morgan fingerprint density at radius 1 is 1.26 bits per heavy atom. The minimum Gasteiger partial charge on any atom is -0.495 e. The van der Waals surface area contributed by atoms with Crippen LogP contribution in [0.5, 0.6) is 5.75 Å². The number of thioether (sulfide) groups is 1. The van der Waals surface area contributed by atoms with Crippen LogP contribution in [0.15, 0.2) is 41.3 Å². The Kier molecular flexibility index (Phi) is 8.17. The van der Waals surface area contributed by atoms with Crippen molar-refractivity contribution in [1.82, 2.24) is 4.31 Å². The van der Waals surface area contributed by atoms with Crippen LogP contribution in [0.4, 0.5) is 10.1 Å². The van der Waals surface area contributed by atoms with E-state index in [0.717, 1.165) is 0 Å². The van der Waals surface area contributed by atoms with E-state index in [2.05, 4.69) is 5.32 Å². The van der Waals surface area contributed by atoms with Crippen molar-refractivity contribution in [2.75, 3.05) is 44.5 Å². The van der Waals surface area contributed by atoms with Gasteiger partial charge in [-0.15, -0.1) is 11.8 Å². The molecule has 1 fully saturated rings. The number of nitrogens with one attached hydrogen (secondary N) is 1. The highest BCUT2D eigenvalue weighted by atomic mass is 35.5. The fourth-order valence-corrected chi connectivity index (χ4v) is 5.53. The van der Waals surface area contributed by atoms with E-state index in [1.165, 1.54) is 41.4 Å². The number of hydrogen-bond donors (Lipinski definition) is 1. The molecule has 0 unspecified atom stereocenters. The smallest absolute Gasteiger partial charge is 0.246 e. The maximum Gasteiger partial charge on any atom is 0.246 e. The highest BCUT2D eigenvalue weighted by molar-refractivity contribution is 7.99. The molecule has 0 radical (unpaired) electrons. The summed E-state index contributed by atoms with van der Waals surface area (Å²) in [6.45, 7) is 1.15. The van der Waals surface area contributed by atoms with Gasteiger partial charge in [0.2, 0.25) is 15.9 Å². The second kappa shape index (κ2) is 10.6. The third-order valence-corrected chi connectivity index (χ3v) is 7.68. The lowest BCUT2D eigenvalue weighted by Gasteiger charge is -2.26. The lowest BCUT2D eigenvalue weighted by molar-refractivity contribution is -0.113. The molecule has 1 aliphatic rings. The molecular formula is C20H22ClFN2O5S2. The van der Waals surface area contributed by atoms with Gasteiger partial charge in [0, 0.05) is 29.6 Å². The highest BCUT2D eigenvalue weighted by Crippen LogP contribution is 2.30. The van der Waals surface area contributed by atoms with Crippen LogP contribution in [-0.2, 0) is 25.3 Å². The van der Waals surface area contributed by atoms with Crippen LogP contribution in [0, 0.1) is 5.82 Å². The van der Waals surface area contributed by atoms with E-state index in [0.29, 0.717) is 35.2 Å². The third kappa shape index (κ3) is 6.11. The van der Waals surface area contributed by atoms with Gasteiger partial charge in [-0.1, -0.05) is 17.7 Å². The first-order chi connectivity index (χ1) is 14.8. The Morgan fingerprint density at radius 2 is 2.00 bits per heavy atom. The van der Waals surface area contributed by atoms with Crippen molar-refractivity contribution in [3.8, 4) is 5.75 Å². The Bertz CT molecular complexity index is 1050. The van der Waals surface area contributed by atoms with E-state index in [1.807, 2.05) is 0 Å². The number of morpholine rings is 1. The molecule has 1 N–H and O–H groups in total. The summed E-state index contributed by atoms with van der Waals surface area (Å²) in [6.07, 6.45) is 0. The number of anilines is 1. The van der Waals surface area contributed by atoms with E-state index < -0.39 is 15.8 Å². The zero-order chi connectivity index (χ0) is 22.4. The third-order valence-electron chi connectivity index (χ3n) is 4.54. The number of rotatable bonds is 8. The number of methoxy groups -OCH3 is 1. The molecule has 1 aliphatic heterocycles. The molecule has 168 valence electrons. The molecule has 3 rings (SSSR count). The van der Waals surface area contributed by atoms with E-state index in [9.17, 15) is 17.6 Å². The van der Waals surface area contributed by atoms with Gasteiger partial charge in [0.05, 0.1) is 26.1 Å². The molecule has 0 spiro atoms. The van der Waals surface area contributed by atoms with Gasteiger partial charge in [0.25, 0.3) is 0 Å². The first-order valence-electron chi connectivity index (χ1n) is 9.38. The van der Waals surface area contributed by atoms with Gasteiger partial charge in [-0.2, -0.15) is 4.31 Å². The molecule has 0 atom stereocenters. The summed E-state index contributed by atoms with van der Waals surface area (Å²) in [7, 11) is -2.42. The van der Waals surface area contributed by atoms with Crippen molar-refractivity contribution in [3.05, 3.63) is 52.8 Å². The van der Waals surface area contributed by atoms with E-state index >= 15 is 0 Å². The number of amides is 1. The number of sulfonamides is 1. The van der Waals surface area contributed by atoms with Crippen LogP contribution in [0.25, 0.3) is 0 Å². The summed E-state index contributed by atoms with van der Waals surface area (Å²) in [4.78, 5) is 12.3. The van der Waals surface area contributed by atoms with Crippen molar-refractivity contribution < 1.29 is 27.1 Å². The molecule has 31 heavy (non-hydrogen) atoms. The first kappa shape index (κ1) is 23.8. The monoisotopic (exact) mass is 488 g/mol. The molecule has 1 amide bonds. The average Bonchev–Trinajstić information content (AvgIpc) is 2.76. The van der Waals surface area contributed by atoms with Gasteiger partial charge in [0.15, 0.2) is 0 Å². The van der Waals surface area contributed by atoms with E-state index in [1.54, 1.807) is 18.2 Å². The second-order valence-electron chi connectivity index (χ2n) is 6.66. The zero-order valence-corrected chi connectivity index (χ0v) is 19.2. The van der Waals surface area contributed by atoms with Crippen LogP contribution in [0.3, 0.4) is 0 Å². The van der Waals surface area contributed by atoms with Crippen LogP contribution in [-0.4, -0.2) is 57.8 Å². The fourth-order valence-electron chi connectivity index (χ4n) is 2.97. The molecule has 1 heterocycles. The Morgan fingerprint density at radius 3 is 2.68 bits per heavy atom. The normalized spacial score (nSPS) is 14.9. The molecule has 1 saturated heterocycles. The Balaban J connectivity index is 1.66. The van der Waals surface area contributed by atoms with Gasteiger partial charge in [-0.25, -0.2) is 12.8 Å². The van der Waals surface area contributed by atoms with Crippen molar-refractivity contribution >= 4 is 45.0 Å². The second-order valence-corrected chi connectivity index (χ2v) is 9.99. The standard InChI is InChI=1S/C20H22ClFN2O5S2/c1-28-18-5-4-16(11-19(18)31(26,27)24-6-8-29-9-7-24)23-20(25)13-30-12-14-2-3-15(21)10-17(14)22/h2-5,10-11H,6-9,12-13H2,1H3,(H,23,25). The number of ether oxygens (including phenoxy) is 2. The quantitative estimate of drug-likeness (QED) is 0.613. The molecule has 0 aliphatic carbocycles. The number of carbonyl (C=O) groups is 1. The number of nitrogens with zero attached hydrogens (tertiary/aromatic N) is 1. The fraction of sp³-hybridized carbons (Fsp3) is 0.350. The topological polar surface area (TPSA) is 84.9 Å². The predicted octanol–water partition coefficient (Wildman–Crippen LogP) is 3.38. The molecule has 11 heteroatoms. The number of carbonyl (C=O) groups excluding carboxylic acids is 1. The van der Waals surface area contributed by atoms with Gasteiger partial charge >= 0.3 is 0 Å². The molecule has 0 aromatic heterocycles. The Hall–Kier alpha value is -1.85. The van der Waals surface area contributed by atoms with Crippen molar-refractivity contribution in [2.24, 2.45) is 0 Å². The van der Waals surface area contributed by atoms with Crippen LogP contribution in [0.2, 0.25) is 5.02 Å². The zero-order valence-electron chi connectivity index (χ0n) is 16.8. The van der Waals surface area contributed by atoms with Gasteiger partial charge in [-0.3, -0.25) is 4.79 Å². The van der Waals surface area contributed by atoms with Gasteiger partial charge < -0.3 is 14.8 Å². The summed E-state index contributed by atoms with van der Waals surface area (Å²) in [6, 6.07) is 8.84. The highest BCUT2D eigenvalue weighted by Gasteiger charge is 2.29. The lowest BCUT2D eigenvalue weighted by Crippen LogP contribution is -2.40. The largest absolute Gasteiger partial charge is 0.495 e. The van der Waals surface area contributed by atoms with Crippen LogP contribution >= 0.6 is 23.4 Å². The van der Waals surface area contributed by atoms with E-state index in [-0.39, 0.29) is 35.4 Å². The molecule has 2 aromatic carbocycles. The number of benzene rings is 2. The molecule has 0 bridgehead atoms. The minimum atomic E-state index is -3.80. The average molecular weight is 489 g/mol. The van der Waals surface area contributed by atoms with Crippen LogP contribution < -0.4 is 10.1 Å². The maximum atomic E-state index is 13.8. The predicted molar refractivity (Wildman–Crippen MR) is 119 cm³/mol. The lowest BCUT2D eigenvalue weighted by atomic mass is 10.2. The van der Waals surface area contributed by atoms with Crippen molar-refractivity contribution in [2.45, 2.75) is 10.6 Å². The summed E-state index contributed by atoms with van der Waals surface area (Å²) >= 11 is 6.97. The van der Waals surface area contributed by atoms with Gasteiger partial charge in [0.1, 0.15) is 16.5 Å². The Labute approximate surface area is 189 Å². The van der Waals surface area contributed by atoms with Crippen molar-refractivity contribution in [3.63, 3.8) is 0 Å². The molecule has 2 aromatic rings. The molecular weight excluding hydrogens is 467 g/mol. The number of hydrogen-bond acceptors (Lipinski definition) is 6.